The predicted molar refractivity (Wildman–Crippen MR) is 35.3 cm³/mol. The minimum Gasteiger partial charge on any atom is -0.299 e. The van der Waals surface area contributed by atoms with Crippen molar-refractivity contribution in [3.8, 4) is 0 Å². The molecule has 1 heteroatoms. The number of ketones is 1. The summed E-state index contributed by atoms with van der Waals surface area (Å²) in [6, 6.07) is 0. The van der Waals surface area contributed by atoms with Gasteiger partial charge in [0.25, 0.3) is 0 Å². The Bertz CT molecular complexity index is 257. The van der Waals surface area contributed by atoms with Gasteiger partial charge in [-0.1, -0.05) is 0 Å². The van der Waals surface area contributed by atoms with Gasteiger partial charge in [0.05, 0.1) is 0 Å². The van der Waals surface area contributed by atoms with E-state index in [0.29, 0.717) is 17.6 Å². The van der Waals surface area contributed by atoms with E-state index in [2.05, 4.69) is 0 Å². The summed E-state index contributed by atoms with van der Waals surface area (Å²) in [5, 5.41) is 0. The quantitative estimate of drug-likeness (QED) is 0.487. The molecule has 0 aromatic heterocycles. The van der Waals surface area contributed by atoms with Crippen LogP contribution in [0, 0.1) is 29.1 Å². The van der Waals surface area contributed by atoms with Crippen molar-refractivity contribution in [2.75, 3.05) is 0 Å². The van der Waals surface area contributed by atoms with Crippen molar-refractivity contribution >= 4 is 5.78 Å². The van der Waals surface area contributed by atoms with Crippen molar-refractivity contribution in [2.45, 2.75) is 19.3 Å². The molecule has 0 radical (unpaired) electrons. The predicted octanol–water partition coefficient (Wildman–Crippen LogP) is 1.23. The molecule has 1 nitrogen and oxygen atoms in total. The molecule has 1 spiro atoms. The van der Waals surface area contributed by atoms with Gasteiger partial charge >= 0.3 is 0 Å². The van der Waals surface area contributed by atoms with Gasteiger partial charge in [-0.15, -0.1) is 0 Å². The molecular weight excluding hydrogens is 124 g/mol. The zero-order valence-electron chi connectivity index (χ0n) is 5.84. The van der Waals surface area contributed by atoms with Gasteiger partial charge in [0.1, 0.15) is 5.78 Å². The van der Waals surface area contributed by atoms with Gasteiger partial charge in [-0.05, 0) is 36.5 Å². The maximum Gasteiger partial charge on any atom is 0.139 e. The Labute approximate surface area is 59.8 Å². The van der Waals surface area contributed by atoms with Crippen molar-refractivity contribution in [3.05, 3.63) is 0 Å². The lowest BCUT2D eigenvalue weighted by molar-refractivity contribution is -0.160. The molecule has 4 fully saturated rings. The molecule has 4 aliphatic carbocycles. The molecule has 0 saturated heterocycles. The zero-order chi connectivity index (χ0) is 6.51. The molecular formula is C9H10O. The second-order valence-corrected chi connectivity index (χ2v) is 4.72. The van der Waals surface area contributed by atoms with Gasteiger partial charge in [-0.3, -0.25) is 4.79 Å². The number of carbonyl (C=O) groups excluding carboxylic acids is 1. The fourth-order valence-electron chi connectivity index (χ4n) is 4.15. The van der Waals surface area contributed by atoms with E-state index < -0.39 is 0 Å². The molecule has 5 atom stereocenters. The second-order valence-electron chi connectivity index (χ2n) is 4.72. The SMILES string of the molecule is O=C1C2CC3CC34CC1C24. The topological polar surface area (TPSA) is 17.1 Å². The van der Waals surface area contributed by atoms with Gasteiger partial charge in [0, 0.05) is 11.8 Å². The molecule has 0 amide bonds. The smallest absolute Gasteiger partial charge is 0.139 e. The minimum atomic E-state index is 0.567. The Morgan fingerprint density at radius 3 is 3.00 bits per heavy atom. The summed E-state index contributed by atoms with van der Waals surface area (Å²) in [5.41, 5.74) is 0.781. The minimum absolute atomic E-state index is 0.567. The van der Waals surface area contributed by atoms with Gasteiger partial charge in [0.2, 0.25) is 0 Å². The van der Waals surface area contributed by atoms with E-state index in [1.807, 2.05) is 0 Å². The normalized spacial score (nSPS) is 73.4. The van der Waals surface area contributed by atoms with E-state index in [1.54, 1.807) is 0 Å². The highest BCUT2D eigenvalue weighted by Gasteiger charge is 2.81. The van der Waals surface area contributed by atoms with E-state index in [1.165, 1.54) is 19.3 Å². The number of carbonyl (C=O) groups is 1. The van der Waals surface area contributed by atoms with E-state index in [9.17, 15) is 4.79 Å². The lowest BCUT2D eigenvalue weighted by Gasteiger charge is -2.54. The van der Waals surface area contributed by atoms with Crippen molar-refractivity contribution in [3.63, 3.8) is 0 Å². The van der Waals surface area contributed by atoms with Crippen molar-refractivity contribution < 1.29 is 4.79 Å². The van der Waals surface area contributed by atoms with E-state index in [-0.39, 0.29) is 0 Å². The lowest BCUT2D eigenvalue weighted by Crippen LogP contribution is -2.57. The Balaban J connectivity index is 1.90. The van der Waals surface area contributed by atoms with Crippen LogP contribution in [-0.4, -0.2) is 5.78 Å². The van der Waals surface area contributed by atoms with Crippen LogP contribution in [-0.2, 0) is 4.79 Å². The summed E-state index contributed by atoms with van der Waals surface area (Å²) in [7, 11) is 0. The Morgan fingerprint density at radius 1 is 1.30 bits per heavy atom. The molecule has 4 rings (SSSR count). The maximum absolute atomic E-state index is 11.2. The zero-order valence-corrected chi connectivity index (χ0v) is 5.84. The molecule has 4 aliphatic rings. The first-order chi connectivity index (χ1) is 4.83. The summed E-state index contributed by atoms with van der Waals surface area (Å²) in [5.74, 6) is 3.67. The highest BCUT2D eigenvalue weighted by atomic mass is 16.1. The first-order valence-electron chi connectivity index (χ1n) is 4.37. The first-order valence-corrected chi connectivity index (χ1v) is 4.37. The number of hydrogen-bond donors (Lipinski definition) is 0. The van der Waals surface area contributed by atoms with Crippen LogP contribution in [0.1, 0.15) is 19.3 Å². The second kappa shape index (κ2) is 0.910. The summed E-state index contributed by atoms with van der Waals surface area (Å²) in [4.78, 5) is 11.2. The van der Waals surface area contributed by atoms with Crippen molar-refractivity contribution in [1.82, 2.24) is 0 Å². The van der Waals surface area contributed by atoms with Crippen LogP contribution >= 0.6 is 0 Å². The van der Waals surface area contributed by atoms with Crippen molar-refractivity contribution in [2.24, 2.45) is 29.1 Å². The average molecular weight is 134 g/mol. The summed E-state index contributed by atoms with van der Waals surface area (Å²) < 4.78 is 0. The van der Waals surface area contributed by atoms with Crippen LogP contribution in [0.2, 0.25) is 0 Å². The van der Waals surface area contributed by atoms with Crippen LogP contribution in [0.3, 0.4) is 0 Å². The number of rotatable bonds is 0. The van der Waals surface area contributed by atoms with Gasteiger partial charge in [-0.2, -0.15) is 0 Å². The molecule has 0 bridgehead atoms. The lowest BCUT2D eigenvalue weighted by atomic mass is 9.48. The third kappa shape index (κ3) is 0.217. The Hall–Kier alpha value is -0.330. The van der Waals surface area contributed by atoms with Gasteiger partial charge in [0.15, 0.2) is 0 Å². The van der Waals surface area contributed by atoms with E-state index in [0.717, 1.165) is 17.3 Å². The van der Waals surface area contributed by atoms with Crippen LogP contribution in [0.4, 0.5) is 0 Å². The van der Waals surface area contributed by atoms with Gasteiger partial charge < -0.3 is 0 Å². The third-order valence-electron chi connectivity index (χ3n) is 4.68. The molecule has 0 N–H and O–H groups in total. The number of Topliss-reactive ketones (excluding diaryl/α,β-unsaturated/α-hetero) is 1. The van der Waals surface area contributed by atoms with Crippen LogP contribution in [0.25, 0.3) is 0 Å². The molecule has 5 unspecified atom stereocenters. The van der Waals surface area contributed by atoms with Crippen molar-refractivity contribution in [1.29, 1.82) is 0 Å². The molecule has 0 aliphatic heterocycles. The third-order valence-corrected chi connectivity index (χ3v) is 4.68. The van der Waals surface area contributed by atoms with E-state index >= 15 is 0 Å². The monoisotopic (exact) mass is 134 g/mol. The van der Waals surface area contributed by atoms with Crippen LogP contribution < -0.4 is 0 Å². The number of hydrogen-bond acceptors (Lipinski definition) is 1. The van der Waals surface area contributed by atoms with Crippen LogP contribution in [0.15, 0.2) is 0 Å². The Morgan fingerprint density at radius 2 is 2.20 bits per heavy atom. The highest BCUT2D eigenvalue weighted by Crippen LogP contribution is 2.84. The van der Waals surface area contributed by atoms with Crippen LogP contribution in [0.5, 0.6) is 0 Å². The molecule has 4 saturated carbocycles. The first kappa shape index (κ1) is 4.53. The largest absolute Gasteiger partial charge is 0.299 e. The van der Waals surface area contributed by atoms with Gasteiger partial charge in [-0.25, -0.2) is 0 Å². The summed E-state index contributed by atoms with van der Waals surface area (Å²) >= 11 is 0. The molecule has 0 aromatic carbocycles. The van der Waals surface area contributed by atoms with E-state index in [4.69, 9.17) is 0 Å². The average Bonchev–Trinajstić information content (AvgIpc) is 2.54. The summed E-state index contributed by atoms with van der Waals surface area (Å²) in [6.07, 6.45) is 4.05. The summed E-state index contributed by atoms with van der Waals surface area (Å²) in [6.45, 7) is 0. The fourth-order valence-corrected chi connectivity index (χ4v) is 4.15. The molecule has 10 heavy (non-hydrogen) atoms. The molecule has 0 aromatic rings. The maximum atomic E-state index is 11.2. The fraction of sp³-hybridized carbons (Fsp3) is 0.889. The Kier molecular flexibility index (Phi) is 0.412. The standard InChI is InChI=1S/C9H10O/c10-8-5-1-4-2-9(4)3-6(8)7(5)9/h4-7H,1-3H2. The highest BCUT2D eigenvalue weighted by molar-refractivity contribution is 5.93. The molecule has 0 heterocycles. The molecule has 52 valence electrons.